The third-order valence-corrected chi connectivity index (χ3v) is 2.55. The average molecular weight is 177 g/mol. The van der Waals surface area contributed by atoms with Gasteiger partial charge in [-0.1, -0.05) is 0 Å². The molecule has 0 aromatic heterocycles. The minimum Gasteiger partial charge on any atom is -0.298 e. The van der Waals surface area contributed by atoms with Crippen LogP contribution in [0.1, 0.15) is 27.2 Å². The first-order valence-corrected chi connectivity index (χ1v) is 4.09. The molecule has 0 bridgehead atoms. The van der Waals surface area contributed by atoms with Gasteiger partial charge in [-0.2, -0.15) is 5.26 Å². The molecule has 0 amide bonds. The standard InChI is InChI=1S/C10H11NO2/c1-6-7(5-11)10(2,3)9(13)4-8(6)12/h4H2,1-3H3. The molecular formula is C10H11NO2. The van der Waals surface area contributed by atoms with Crippen molar-refractivity contribution >= 4 is 11.6 Å². The molecule has 0 radical (unpaired) electrons. The minimum atomic E-state index is -0.785. The van der Waals surface area contributed by atoms with E-state index in [0.717, 1.165) is 0 Å². The summed E-state index contributed by atoms with van der Waals surface area (Å²) in [5.74, 6) is -0.388. The molecule has 0 aliphatic heterocycles. The summed E-state index contributed by atoms with van der Waals surface area (Å²) >= 11 is 0. The summed E-state index contributed by atoms with van der Waals surface area (Å²) in [6.45, 7) is 4.97. The molecule has 0 heterocycles. The third-order valence-electron chi connectivity index (χ3n) is 2.55. The molecule has 0 saturated heterocycles. The molecule has 0 N–H and O–H groups in total. The lowest BCUT2D eigenvalue weighted by molar-refractivity contribution is -0.131. The Labute approximate surface area is 77.0 Å². The van der Waals surface area contributed by atoms with Crippen LogP contribution in [0.25, 0.3) is 0 Å². The molecule has 1 aliphatic carbocycles. The van der Waals surface area contributed by atoms with Gasteiger partial charge in [0.25, 0.3) is 0 Å². The highest BCUT2D eigenvalue weighted by molar-refractivity contribution is 6.14. The molecule has 0 fully saturated rings. The normalized spacial score (nSPS) is 21.7. The van der Waals surface area contributed by atoms with Gasteiger partial charge in [-0.3, -0.25) is 9.59 Å². The molecular weight excluding hydrogens is 166 g/mol. The lowest BCUT2D eigenvalue weighted by Crippen LogP contribution is -2.34. The maximum atomic E-state index is 11.4. The Bertz CT molecular complexity index is 356. The second kappa shape index (κ2) is 2.81. The fourth-order valence-corrected chi connectivity index (χ4v) is 1.47. The Morgan fingerprint density at radius 3 is 2.38 bits per heavy atom. The number of allylic oxidation sites excluding steroid dienone is 2. The summed E-state index contributed by atoms with van der Waals surface area (Å²) in [6.07, 6.45) is -0.0655. The van der Waals surface area contributed by atoms with E-state index in [1.54, 1.807) is 20.8 Å². The molecule has 68 valence electrons. The molecule has 0 spiro atoms. The van der Waals surface area contributed by atoms with Crippen molar-refractivity contribution in [2.45, 2.75) is 27.2 Å². The maximum Gasteiger partial charge on any atom is 0.166 e. The number of hydrogen-bond acceptors (Lipinski definition) is 3. The number of carbonyl (C=O) groups is 2. The molecule has 0 aromatic carbocycles. The van der Waals surface area contributed by atoms with Gasteiger partial charge in [0.1, 0.15) is 0 Å². The fraction of sp³-hybridized carbons (Fsp3) is 0.500. The summed E-state index contributed by atoms with van der Waals surface area (Å²) in [5, 5.41) is 8.82. The molecule has 3 nitrogen and oxygen atoms in total. The lowest BCUT2D eigenvalue weighted by Gasteiger charge is -2.27. The molecule has 1 aliphatic rings. The van der Waals surface area contributed by atoms with Crippen LogP contribution < -0.4 is 0 Å². The van der Waals surface area contributed by atoms with E-state index < -0.39 is 5.41 Å². The van der Waals surface area contributed by atoms with E-state index >= 15 is 0 Å². The highest BCUT2D eigenvalue weighted by Gasteiger charge is 2.39. The zero-order chi connectivity index (χ0) is 10.2. The Hall–Kier alpha value is -1.43. The number of hydrogen-bond donors (Lipinski definition) is 0. The van der Waals surface area contributed by atoms with Crippen LogP contribution in [-0.2, 0) is 9.59 Å². The predicted octanol–water partition coefficient (Wildman–Crippen LogP) is 1.39. The summed E-state index contributed by atoms with van der Waals surface area (Å²) in [6, 6.07) is 1.94. The van der Waals surface area contributed by atoms with Gasteiger partial charge in [0.05, 0.1) is 17.9 Å². The fourth-order valence-electron chi connectivity index (χ4n) is 1.47. The van der Waals surface area contributed by atoms with Crippen LogP contribution in [0.2, 0.25) is 0 Å². The van der Waals surface area contributed by atoms with Crippen molar-refractivity contribution in [3.63, 3.8) is 0 Å². The first kappa shape index (κ1) is 9.66. The van der Waals surface area contributed by atoms with Crippen molar-refractivity contribution in [3.8, 4) is 6.07 Å². The van der Waals surface area contributed by atoms with Gasteiger partial charge in [0.2, 0.25) is 0 Å². The Balaban J connectivity index is 3.37. The number of Topliss-reactive ketones (excluding diaryl/α,β-unsaturated/α-hetero) is 2. The van der Waals surface area contributed by atoms with Crippen molar-refractivity contribution in [2.24, 2.45) is 5.41 Å². The van der Waals surface area contributed by atoms with E-state index in [1.807, 2.05) is 6.07 Å². The number of nitrogens with zero attached hydrogens (tertiary/aromatic N) is 1. The first-order chi connectivity index (χ1) is 5.91. The van der Waals surface area contributed by atoms with Crippen molar-refractivity contribution < 1.29 is 9.59 Å². The summed E-state index contributed by atoms with van der Waals surface area (Å²) in [5.41, 5.74) is -0.0342. The third kappa shape index (κ3) is 1.29. The topological polar surface area (TPSA) is 57.9 Å². The summed E-state index contributed by atoms with van der Waals surface area (Å²) < 4.78 is 0. The van der Waals surface area contributed by atoms with E-state index in [0.29, 0.717) is 11.1 Å². The molecule has 13 heavy (non-hydrogen) atoms. The van der Waals surface area contributed by atoms with Crippen LogP contribution in [0.15, 0.2) is 11.1 Å². The predicted molar refractivity (Wildman–Crippen MR) is 46.7 cm³/mol. The van der Waals surface area contributed by atoms with E-state index in [2.05, 4.69) is 0 Å². The number of carbonyl (C=O) groups excluding carboxylic acids is 2. The number of nitriles is 1. The summed E-state index contributed by atoms with van der Waals surface area (Å²) in [4.78, 5) is 22.7. The van der Waals surface area contributed by atoms with Gasteiger partial charge < -0.3 is 0 Å². The van der Waals surface area contributed by atoms with Gasteiger partial charge in [-0.05, 0) is 20.8 Å². The molecule has 0 atom stereocenters. The average Bonchev–Trinajstić information content (AvgIpc) is 2.02. The van der Waals surface area contributed by atoms with Crippen LogP contribution >= 0.6 is 0 Å². The SMILES string of the molecule is CC1=C(C#N)C(C)(C)C(=O)CC1=O. The zero-order valence-corrected chi connectivity index (χ0v) is 7.97. The van der Waals surface area contributed by atoms with Crippen LogP contribution in [0.3, 0.4) is 0 Å². The van der Waals surface area contributed by atoms with Crippen LogP contribution in [0.5, 0.6) is 0 Å². The monoisotopic (exact) mass is 177 g/mol. The van der Waals surface area contributed by atoms with Crippen LogP contribution in [0, 0.1) is 16.7 Å². The quantitative estimate of drug-likeness (QED) is 0.525. The van der Waals surface area contributed by atoms with E-state index in [-0.39, 0.29) is 18.0 Å². The molecule has 0 saturated carbocycles. The Morgan fingerprint density at radius 1 is 1.38 bits per heavy atom. The summed E-state index contributed by atoms with van der Waals surface area (Å²) in [7, 11) is 0. The number of rotatable bonds is 0. The van der Waals surface area contributed by atoms with Gasteiger partial charge in [0.15, 0.2) is 11.6 Å². The van der Waals surface area contributed by atoms with Gasteiger partial charge in [-0.15, -0.1) is 0 Å². The van der Waals surface area contributed by atoms with E-state index in [4.69, 9.17) is 5.26 Å². The highest BCUT2D eigenvalue weighted by atomic mass is 16.1. The van der Waals surface area contributed by atoms with Crippen molar-refractivity contribution in [3.05, 3.63) is 11.1 Å². The molecule has 0 unspecified atom stereocenters. The highest BCUT2D eigenvalue weighted by Crippen LogP contribution is 2.35. The second-order valence-corrected chi connectivity index (χ2v) is 3.76. The van der Waals surface area contributed by atoms with Crippen LogP contribution in [-0.4, -0.2) is 11.6 Å². The Kier molecular flexibility index (Phi) is 2.09. The largest absolute Gasteiger partial charge is 0.298 e. The van der Waals surface area contributed by atoms with Crippen LogP contribution in [0.4, 0.5) is 0 Å². The number of ketones is 2. The van der Waals surface area contributed by atoms with Crippen molar-refractivity contribution in [2.75, 3.05) is 0 Å². The molecule has 0 aromatic rings. The first-order valence-electron chi connectivity index (χ1n) is 4.09. The molecule has 1 rings (SSSR count). The lowest BCUT2D eigenvalue weighted by atomic mass is 9.72. The van der Waals surface area contributed by atoms with Crippen molar-refractivity contribution in [1.82, 2.24) is 0 Å². The van der Waals surface area contributed by atoms with Gasteiger partial charge >= 0.3 is 0 Å². The smallest absolute Gasteiger partial charge is 0.166 e. The van der Waals surface area contributed by atoms with Gasteiger partial charge in [0, 0.05) is 11.1 Å². The van der Waals surface area contributed by atoms with Crippen molar-refractivity contribution in [1.29, 1.82) is 5.26 Å². The Morgan fingerprint density at radius 2 is 1.92 bits per heavy atom. The van der Waals surface area contributed by atoms with E-state index in [1.165, 1.54) is 0 Å². The van der Waals surface area contributed by atoms with E-state index in [9.17, 15) is 9.59 Å². The zero-order valence-electron chi connectivity index (χ0n) is 7.97. The minimum absolute atomic E-state index is 0.0655. The van der Waals surface area contributed by atoms with Gasteiger partial charge in [-0.25, -0.2) is 0 Å². The maximum absolute atomic E-state index is 11.4. The molecule has 3 heteroatoms. The second-order valence-electron chi connectivity index (χ2n) is 3.76.